The lowest BCUT2D eigenvalue weighted by Crippen LogP contribution is -2.21. The Balaban J connectivity index is 1.82. The zero-order valence-corrected chi connectivity index (χ0v) is 17.7. The quantitative estimate of drug-likeness (QED) is 0.321. The summed E-state index contributed by atoms with van der Waals surface area (Å²) in [6.45, 7) is 6.92. The molecule has 1 aliphatic rings. The van der Waals surface area contributed by atoms with Gasteiger partial charge in [0, 0.05) is 0 Å². The van der Waals surface area contributed by atoms with E-state index in [-0.39, 0.29) is 0 Å². The molecule has 1 aromatic carbocycles. The molecule has 0 saturated carbocycles. The molecule has 0 amide bonds. The van der Waals surface area contributed by atoms with Crippen molar-refractivity contribution in [1.82, 2.24) is 0 Å². The third-order valence-corrected chi connectivity index (χ3v) is 7.02. The van der Waals surface area contributed by atoms with Crippen LogP contribution in [0.4, 0.5) is 0 Å². The van der Waals surface area contributed by atoms with Gasteiger partial charge in [0.05, 0.1) is 0 Å². The van der Waals surface area contributed by atoms with E-state index in [9.17, 15) is 4.55 Å². The van der Waals surface area contributed by atoms with Gasteiger partial charge in [-0.05, 0) is 68.7 Å². The maximum atomic E-state index is 12.5. The van der Waals surface area contributed by atoms with Gasteiger partial charge in [-0.25, -0.2) is 0 Å². The largest absolute Gasteiger partial charge is 0.616 e. The molecule has 0 bridgehead atoms. The topological polar surface area (TPSA) is 41.5 Å². The molecular weight excluding hydrogens is 344 g/mol. The average molecular weight is 381 g/mol. The van der Waals surface area contributed by atoms with Crippen molar-refractivity contribution >= 4 is 11.2 Å². The third kappa shape index (κ3) is 6.70. The van der Waals surface area contributed by atoms with Crippen molar-refractivity contribution in [3.8, 4) is 11.5 Å². The molecule has 0 aliphatic carbocycles. The maximum absolute atomic E-state index is 12.5. The van der Waals surface area contributed by atoms with Gasteiger partial charge in [0.15, 0.2) is 11.5 Å². The minimum atomic E-state index is -0.711. The molecule has 2 atom stereocenters. The van der Waals surface area contributed by atoms with Crippen molar-refractivity contribution in [3.05, 3.63) is 23.3 Å². The fourth-order valence-electron chi connectivity index (χ4n) is 3.45. The van der Waals surface area contributed by atoms with Crippen LogP contribution in [-0.4, -0.2) is 22.3 Å². The highest BCUT2D eigenvalue weighted by atomic mass is 32.2. The number of hydrogen-bond donors (Lipinski definition) is 0. The summed E-state index contributed by atoms with van der Waals surface area (Å²) < 4.78 is 23.6. The second kappa shape index (κ2) is 11.8. The van der Waals surface area contributed by atoms with Crippen molar-refractivity contribution in [1.29, 1.82) is 0 Å². The number of unbranched alkanes of at least 4 members (excludes halogenated alkanes) is 4. The first kappa shape index (κ1) is 21.4. The van der Waals surface area contributed by atoms with Crippen molar-refractivity contribution in [2.24, 2.45) is 0 Å². The molecule has 0 N–H and O–H groups in total. The minimum Gasteiger partial charge on any atom is -0.616 e. The van der Waals surface area contributed by atoms with Gasteiger partial charge < -0.3 is 14.0 Å². The Hall–Kier alpha value is -0.870. The summed E-state index contributed by atoms with van der Waals surface area (Å²) >= 11 is -0.711. The molecule has 1 aromatic rings. The molecule has 0 aromatic heterocycles. The molecule has 2 unspecified atom stereocenters. The fraction of sp³-hybridized carbons (Fsp3) is 0.727. The second-order valence-electron chi connectivity index (χ2n) is 7.43. The molecule has 0 fully saturated rings. The van der Waals surface area contributed by atoms with Crippen LogP contribution < -0.4 is 9.47 Å². The summed E-state index contributed by atoms with van der Waals surface area (Å²) in [5.41, 5.74) is 2.71. The normalized spacial score (nSPS) is 15.2. The SMILES string of the molecule is CCCCCCC(C)[S+]([O-])CCCc1cc2c(cc1CCCC)OCO2. The van der Waals surface area contributed by atoms with Crippen LogP contribution in [0.2, 0.25) is 0 Å². The average Bonchev–Trinajstić information content (AvgIpc) is 3.10. The fourth-order valence-corrected chi connectivity index (χ4v) is 4.72. The lowest BCUT2D eigenvalue weighted by molar-refractivity contribution is 0.174. The minimum absolute atomic E-state index is 0.322. The van der Waals surface area contributed by atoms with E-state index in [1.54, 1.807) is 0 Å². The number of ether oxygens (including phenoxy) is 2. The van der Waals surface area contributed by atoms with Crippen LogP contribution in [0.25, 0.3) is 0 Å². The predicted octanol–water partition coefficient (Wildman–Crippen LogP) is 5.80. The molecule has 4 heteroatoms. The summed E-state index contributed by atoms with van der Waals surface area (Å²) in [7, 11) is 0. The van der Waals surface area contributed by atoms with Gasteiger partial charge >= 0.3 is 0 Å². The zero-order valence-electron chi connectivity index (χ0n) is 16.9. The summed E-state index contributed by atoms with van der Waals surface area (Å²) in [6, 6.07) is 4.30. The summed E-state index contributed by atoms with van der Waals surface area (Å²) in [5, 5.41) is 0.322. The Bertz CT molecular complexity index is 532. The van der Waals surface area contributed by atoms with Gasteiger partial charge in [-0.15, -0.1) is 0 Å². The number of fused-ring (bicyclic) bond motifs is 1. The van der Waals surface area contributed by atoms with Crippen molar-refractivity contribution in [2.45, 2.75) is 90.2 Å². The smallest absolute Gasteiger partial charge is 0.231 e. The van der Waals surface area contributed by atoms with E-state index in [2.05, 4.69) is 32.9 Å². The Kier molecular flexibility index (Phi) is 9.69. The first-order valence-electron chi connectivity index (χ1n) is 10.4. The van der Waals surface area contributed by atoms with Crippen LogP contribution in [0.5, 0.6) is 11.5 Å². The molecule has 26 heavy (non-hydrogen) atoms. The summed E-state index contributed by atoms with van der Waals surface area (Å²) in [6.07, 6.45) is 11.5. The second-order valence-corrected chi connectivity index (χ2v) is 9.40. The van der Waals surface area contributed by atoms with Crippen molar-refractivity contribution < 1.29 is 14.0 Å². The summed E-state index contributed by atoms with van der Waals surface area (Å²) in [4.78, 5) is 0. The maximum Gasteiger partial charge on any atom is 0.231 e. The van der Waals surface area contributed by atoms with Crippen LogP contribution in [0, 0.1) is 0 Å². The van der Waals surface area contributed by atoms with Crippen LogP contribution >= 0.6 is 0 Å². The number of hydrogen-bond acceptors (Lipinski definition) is 3. The van der Waals surface area contributed by atoms with Gasteiger partial charge in [-0.2, -0.15) is 0 Å². The molecule has 1 heterocycles. The highest BCUT2D eigenvalue weighted by Crippen LogP contribution is 2.36. The standard InChI is InChI=1S/C22H36O3S/c1-4-6-8-9-11-18(3)26(23)14-10-13-20-16-22-21(24-17-25-22)15-19(20)12-7-5-2/h15-16,18H,4-14,17H2,1-3H3. The molecule has 1 aliphatic heterocycles. The Labute approximate surface area is 163 Å². The number of aryl methyl sites for hydroxylation is 2. The highest BCUT2D eigenvalue weighted by Gasteiger charge is 2.19. The van der Waals surface area contributed by atoms with Crippen LogP contribution in [0.15, 0.2) is 12.1 Å². The monoisotopic (exact) mass is 380 g/mol. The Morgan fingerprint density at radius 3 is 2.15 bits per heavy atom. The zero-order chi connectivity index (χ0) is 18.8. The molecule has 3 nitrogen and oxygen atoms in total. The van der Waals surface area contributed by atoms with E-state index in [1.165, 1.54) is 49.7 Å². The van der Waals surface area contributed by atoms with Crippen LogP contribution in [0.1, 0.15) is 83.3 Å². The number of rotatable bonds is 13. The van der Waals surface area contributed by atoms with E-state index < -0.39 is 11.2 Å². The lowest BCUT2D eigenvalue weighted by atomic mass is 9.98. The van der Waals surface area contributed by atoms with Crippen molar-refractivity contribution in [2.75, 3.05) is 12.5 Å². The van der Waals surface area contributed by atoms with Crippen LogP contribution in [-0.2, 0) is 24.0 Å². The molecule has 148 valence electrons. The lowest BCUT2D eigenvalue weighted by Gasteiger charge is -2.19. The predicted molar refractivity (Wildman–Crippen MR) is 111 cm³/mol. The molecule has 0 spiro atoms. The van der Waals surface area contributed by atoms with Gasteiger partial charge in [-0.1, -0.05) is 50.7 Å². The third-order valence-electron chi connectivity index (χ3n) is 5.20. The van der Waals surface area contributed by atoms with Gasteiger partial charge in [0.2, 0.25) is 6.79 Å². The number of benzene rings is 1. The van der Waals surface area contributed by atoms with Gasteiger partial charge in [0.1, 0.15) is 11.0 Å². The Morgan fingerprint density at radius 2 is 1.54 bits per heavy atom. The highest BCUT2D eigenvalue weighted by molar-refractivity contribution is 7.91. The van der Waals surface area contributed by atoms with Gasteiger partial charge in [0.25, 0.3) is 0 Å². The van der Waals surface area contributed by atoms with E-state index in [0.717, 1.165) is 42.9 Å². The van der Waals surface area contributed by atoms with E-state index in [0.29, 0.717) is 12.0 Å². The van der Waals surface area contributed by atoms with E-state index >= 15 is 0 Å². The van der Waals surface area contributed by atoms with E-state index in [4.69, 9.17) is 9.47 Å². The molecule has 0 saturated heterocycles. The Morgan fingerprint density at radius 1 is 0.923 bits per heavy atom. The molecular formula is C22H36O3S. The first-order valence-corrected chi connectivity index (χ1v) is 11.8. The van der Waals surface area contributed by atoms with Crippen LogP contribution in [0.3, 0.4) is 0 Å². The van der Waals surface area contributed by atoms with Gasteiger partial charge in [-0.3, -0.25) is 0 Å². The molecule has 0 radical (unpaired) electrons. The van der Waals surface area contributed by atoms with E-state index in [1.807, 2.05) is 0 Å². The molecule has 2 rings (SSSR count). The summed E-state index contributed by atoms with van der Waals surface area (Å²) in [5.74, 6) is 2.55. The van der Waals surface area contributed by atoms with Crippen molar-refractivity contribution in [3.63, 3.8) is 0 Å². The first-order chi connectivity index (χ1) is 12.7.